The van der Waals surface area contributed by atoms with Gasteiger partial charge in [0.2, 0.25) is 0 Å². The Labute approximate surface area is 150 Å². The van der Waals surface area contributed by atoms with Crippen molar-refractivity contribution in [2.24, 2.45) is 0 Å². The number of rotatable bonds is 6. The van der Waals surface area contributed by atoms with Crippen LogP contribution in [0.3, 0.4) is 0 Å². The first-order valence-corrected chi connectivity index (χ1v) is 8.66. The number of aromatic amines is 1. The molecule has 0 bridgehead atoms. The maximum atomic E-state index is 6.07. The number of H-pyrrole nitrogens is 1. The van der Waals surface area contributed by atoms with Gasteiger partial charge in [-0.1, -0.05) is 0 Å². The van der Waals surface area contributed by atoms with Gasteiger partial charge in [-0.2, -0.15) is 15.4 Å². The fourth-order valence-electron chi connectivity index (χ4n) is 2.89. The average molecular weight is 354 g/mol. The van der Waals surface area contributed by atoms with E-state index in [-0.39, 0.29) is 0 Å². The lowest BCUT2D eigenvalue weighted by molar-refractivity contribution is 0.0398. The van der Waals surface area contributed by atoms with Crippen molar-refractivity contribution in [1.29, 1.82) is 0 Å². The average Bonchev–Trinajstić information content (AvgIpc) is 3.13. The number of aromatic nitrogens is 4. The lowest BCUT2D eigenvalue weighted by atomic mass is 10.2. The Morgan fingerprint density at radius 2 is 1.96 bits per heavy atom. The summed E-state index contributed by atoms with van der Waals surface area (Å²) in [5, 5.41) is 17.4. The number of anilines is 4. The van der Waals surface area contributed by atoms with Crippen molar-refractivity contribution in [2.45, 2.75) is 0 Å². The molecule has 1 aliphatic rings. The monoisotopic (exact) mass is 354 g/mol. The number of nitrogens with one attached hydrogen (secondary N) is 3. The van der Waals surface area contributed by atoms with Crippen molar-refractivity contribution < 1.29 is 4.74 Å². The molecule has 5 N–H and O–H groups in total. The van der Waals surface area contributed by atoms with Crippen LogP contribution < -0.4 is 16.4 Å². The first-order chi connectivity index (χ1) is 12.8. The van der Waals surface area contributed by atoms with Crippen LogP contribution in [0.1, 0.15) is 0 Å². The molecule has 3 heterocycles. The van der Waals surface area contributed by atoms with Gasteiger partial charge in [0.25, 0.3) is 0 Å². The molecule has 0 amide bonds. The van der Waals surface area contributed by atoms with Crippen molar-refractivity contribution in [3.8, 4) is 0 Å². The molecule has 2 aromatic heterocycles. The van der Waals surface area contributed by atoms with Crippen molar-refractivity contribution in [3.05, 3.63) is 30.3 Å². The SMILES string of the molecule is Nc1ccc(NCCN2CCOCC2)nc1Nc1ccc2n[nH]nc2c1. The molecule has 0 radical (unpaired) electrons. The maximum Gasteiger partial charge on any atom is 0.156 e. The Balaban J connectivity index is 1.40. The number of nitrogen functional groups attached to an aromatic ring is 1. The van der Waals surface area contributed by atoms with Gasteiger partial charge in [-0.05, 0) is 30.3 Å². The molecule has 1 aromatic carbocycles. The Morgan fingerprint density at radius 3 is 2.85 bits per heavy atom. The number of pyridine rings is 1. The Kier molecular flexibility index (Phi) is 4.80. The second-order valence-electron chi connectivity index (χ2n) is 6.17. The molecule has 4 rings (SSSR count). The highest BCUT2D eigenvalue weighted by molar-refractivity contribution is 5.80. The zero-order valence-electron chi connectivity index (χ0n) is 14.4. The van der Waals surface area contributed by atoms with E-state index in [9.17, 15) is 0 Å². The topological polar surface area (TPSA) is 117 Å². The number of benzene rings is 1. The van der Waals surface area contributed by atoms with E-state index in [2.05, 4.69) is 35.9 Å². The lowest BCUT2D eigenvalue weighted by Crippen LogP contribution is -2.39. The number of fused-ring (bicyclic) bond motifs is 1. The molecule has 0 unspecified atom stereocenters. The second kappa shape index (κ2) is 7.54. The molecule has 9 heteroatoms. The summed E-state index contributed by atoms with van der Waals surface area (Å²) in [6.45, 7) is 5.36. The third-order valence-electron chi connectivity index (χ3n) is 4.34. The van der Waals surface area contributed by atoms with E-state index < -0.39 is 0 Å². The molecule has 1 fully saturated rings. The summed E-state index contributed by atoms with van der Waals surface area (Å²) in [6.07, 6.45) is 0. The van der Waals surface area contributed by atoms with E-state index >= 15 is 0 Å². The Bertz CT molecular complexity index is 874. The van der Waals surface area contributed by atoms with Gasteiger partial charge in [-0.3, -0.25) is 4.90 Å². The lowest BCUT2D eigenvalue weighted by Gasteiger charge is -2.26. The van der Waals surface area contributed by atoms with Gasteiger partial charge in [0.05, 0.1) is 18.9 Å². The quantitative estimate of drug-likeness (QED) is 0.525. The number of hydrogen-bond acceptors (Lipinski definition) is 8. The van der Waals surface area contributed by atoms with Gasteiger partial charge in [-0.25, -0.2) is 4.98 Å². The van der Waals surface area contributed by atoms with Crippen LogP contribution in [0.15, 0.2) is 30.3 Å². The van der Waals surface area contributed by atoms with Crippen LogP contribution in [0, 0.1) is 0 Å². The van der Waals surface area contributed by atoms with E-state index in [4.69, 9.17) is 10.5 Å². The van der Waals surface area contributed by atoms with Crippen LogP contribution in [0.5, 0.6) is 0 Å². The predicted octanol–water partition coefficient (Wildman–Crippen LogP) is 1.42. The highest BCUT2D eigenvalue weighted by Gasteiger charge is 2.10. The molecule has 0 atom stereocenters. The van der Waals surface area contributed by atoms with Crippen LogP contribution in [0.4, 0.5) is 23.0 Å². The minimum atomic E-state index is 0.587. The molecule has 0 spiro atoms. The summed E-state index contributed by atoms with van der Waals surface area (Å²) in [6, 6.07) is 9.45. The predicted molar refractivity (Wildman–Crippen MR) is 102 cm³/mol. The number of nitrogens with two attached hydrogens (primary N) is 1. The molecule has 1 aliphatic heterocycles. The fourth-order valence-corrected chi connectivity index (χ4v) is 2.89. The highest BCUT2D eigenvalue weighted by Crippen LogP contribution is 2.24. The zero-order valence-corrected chi connectivity index (χ0v) is 14.4. The van der Waals surface area contributed by atoms with E-state index in [1.165, 1.54) is 0 Å². The first kappa shape index (κ1) is 16.6. The molecule has 26 heavy (non-hydrogen) atoms. The third-order valence-corrected chi connectivity index (χ3v) is 4.34. The van der Waals surface area contributed by atoms with Crippen molar-refractivity contribution in [1.82, 2.24) is 25.3 Å². The Hall–Kier alpha value is -2.91. The van der Waals surface area contributed by atoms with Crippen LogP contribution >= 0.6 is 0 Å². The summed E-state index contributed by atoms with van der Waals surface area (Å²) < 4.78 is 5.36. The van der Waals surface area contributed by atoms with Gasteiger partial charge in [-0.15, -0.1) is 0 Å². The molecule has 0 aliphatic carbocycles. The standard InChI is InChI=1S/C17H22N8O/c18-13-2-4-16(19-5-6-25-7-9-26-10-8-25)21-17(13)20-12-1-3-14-15(11-12)23-24-22-14/h1-4,11H,5-10,18H2,(H2,19,20,21)(H,22,23,24). The normalized spacial score (nSPS) is 15.2. The number of morpholine rings is 1. The van der Waals surface area contributed by atoms with Crippen LogP contribution in [-0.4, -0.2) is 64.7 Å². The van der Waals surface area contributed by atoms with Crippen LogP contribution in [0.2, 0.25) is 0 Å². The van der Waals surface area contributed by atoms with Crippen molar-refractivity contribution in [2.75, 3.05) is 55.8 Å². The summed E-state index contributed by atoms with van der Waals surface area (Å²) in [4.78, 5) is 6.96. The number of ether oxygens (including phenoxy) is 1. The maximum absolute atomic E-state index is 6.07. The number of nitrogens with zero attached hydrogens (tertiary/aromatic N) is 4. The fraction of sp³-hybridized carbons (Fsp3) is 0.353. The summed E-state index contributed by atoms with van der Waals surface area (Å²) in [7, 11) is 0. The Morgan fingerprint density at radius 1 is 1.12 bits per heavy atom. The van der Waals surface area contributed by atoms with Crippen LogP contribution in [-0.2, 0) is 4.74 Å². The minimum Gasteiger partial charge on any atom is -0.396 e. The molecule has 9 nitrogen and oxygen atoms in total. The van der Waals surface area contributed by atoms with Gasteiger partial charge in [0.15, 0.2) is 5.82 Å². The van der Waals surface area contributed by atoms with E-state index in [1.807, 2.05) is 30.3 Å². The van der Waals surface area contributed by atoms with E-state index in [1.54, 1.807) is 0 Å². The van der Waals surface area contributed by atoms with E-state index in [0.717, 1.165) is 61.9 Å². The molecule has 3 aromatic rings. The van der Waals surface area contributed by atoms with Gasteiger partial charge >= 0.3 is 0 Å². The van der Waals surface area contributed by atoms with Crippen molar-refractivity contribution in [3.63, 3.8) is 0 Å². The summed E-state index contributed by atoms with van der Waals surface area (Å²) in [5.74, 6) is 1.40. The highest BCUT2D eigenvalue weighted by atomic mass is 16.5. The molecular formula is C17H22N8O. The van der Waals surface area contributed by atoms with Crippen LogP contribution in [0.25, 0.3) is 11.0 Å². The van der Waals surface area contributed by atoms with Crippen molar-refractivity contribution >= 4 is 34.0 Å². The smallest absolute Gasteiger partial charge is 0.156 e. The molecule has 0 saturated carbocycles. The largest absolute Gasteiger partial charge is 0.396 e. The molecular weight excluding hydrogens is 332 g/mol. The minimum absolute atomic E-state index is 0.587. The van der Waals surface area contributed by atoms with E-state index in [0.29, 0.717) is 11.5 Å². The molecule has 136 valence electrons. The number of hydrogen-bond donors (Lipinski definition) is 4. The first-order valence-electron chi connectivity index (χ1n) is 8.66. The second-order valence-corrected chi connectivity index (χ2v) is 6.17. The summed E-state index contributed by atoms with van der Waals surface area (Å²) >= 11 is 0. The van der Waals surface area contributed by atoms with Gasteiger partial charge in [0, 0.05) is 31.9 Å². The third kappa shape index (κ3) is 3.84. The zero-order chi connectivity index (χ0) is 17.8. The summed E-state index contributed by atoms with van der Waals surface area (Å²) in [5.41, 5.74) is 9.11. The van der Waals surface area contributed by atoms with Gasteiger partial charge < -0.3 is 21.1 Å². The van der Waals surface area contributed by atoms with Gasteiger partial charge in [0.1, 0.15) is 16.9 Å². The molecule has 1 saturated heterocycles.